The highest BCUT2D eigenvalue weighted by molar-refractivity contribution is 7.92. The molecule has 0 atom stereocenters. The highest BCUT2D eigenvalue weighted by atomic mass is 35.5. The van der Waals surface area contributed by atoms with E-state index in [4.69, 9.17) is 9.47 Å². The predicted molar refractivity (Wildman–Crippen MR) is 129 cm³/mol. The third-order valence-corrected chi connectivity index (χ3v) is 5.58. The third kappa shape index (κ3) is 7.58. The Balaban J connectivity index is 0.00000363. The number of nitrogens with one attached hydrogen (secondary N) is 2. The van der Waals surface area contributed by atoms with E-state index in [-0.39, 0.29) is 18.3 Å². The fourth-order valence-electron chi connectivity index (χ4n) is 3.32. The Morgan fingerprint density at radius 3 is 2.34 bits per heavy atom. The van der Waals surface area contributed by atoms with Crippen LogP contribution in [-0.2, 0) is 21.2 Å². The summed E-state index contributed by atoms with van der Waals surface area (Å²) in [5, 5.41) is 2.95. The summed E-state index contributed by atoms with van der Waals surface area (Å²) in [6.07, 6.45) is 2.29. The fourth-order valence-corrected chi connectivity index (χ4v) is 3.88. The molecule has 0 aliphatic carbocycles. The molecule has 3 rings (SSSR count). The molecule has 1 heterocycles. The van der Waals surface area contributed by atoms with Crippen LogP contribution in [-0.4, -0.2) is 58.8 Å². The molecule has 8 nitrogen and oxygen atoms in total. The quantitative estimate of drug-likeness (QED) is 0.539. The largest absolute Gasteiger partial charge is 0.492 e. The van der Waals surface area contributed by atoms with Crippen molar-refractivity contribution in [2.75, 3.05) is 49.6 Å². The Morgan fingerprint density at radius 2 is 1.69 bits per heavy atom. The van der Waals surface area contributed by atoms with Crippen LogP contribution in [0.15, 0.2) is 36.4 Å². The van der Waals surface area contributed by atoms with Crippen LogP contribution in [0.5, 0.6) is 11.5 Å². The van der Waals surface area contributed by atoms with Gasteiger partial charge < -0.3 is 14.8 Å². The number of amides is 1. The average molecular weight is 484 g/mol. The van der Waals surface area contributed by atoms with Crippen molar-refractivity contribution in [1.82, 2.24) is 4.90 Å². The van der Waals surface area contributed by atoms with Gasteiger partial charge in [-0.15, -0.1) is 12.4 Å². The lowest BCUT2D eigenvalue weighted by atomic mass is 9.98. The van der Waals surface area contributed by atoms with E-state index in [1.165, 1.54) is 0 Å². The molecule has 0 saturated heterocycles. The molecule has 0 radical (unpaired) electrons. The highest BCUT2D eigenvalue weighted by Gasteiger charge is 2.20. The maximum absolute atomic E-state index is 11.7. The van der Waals surface area contributed by atoms with E-state index in [2.05, 4.69) is 14.9 Å². The van der Waals surface area contributed by atoms with Crippen molar-refractivity contribution >= 4 is 39.7 Å². The molecule has 32 heavy (non-hydrogen) atoms. The SMILES string of the molecule is Cc1ccc(OCCN(C)CCOc2ccc(NS(C)(=O)=O)cc2)c2c1NC(=O)CC2.Cl. The Hall–Kier alpha value is -2.49. The van der Waals surface area contributed by atoms with Crippen molar-refractivity contribution in [3.05, 3.63) is 47.5 Å². The van der Waals surface area contributed by atoms with Crippen molar-refractivity contribution < 1.29 is 22.7 Å². The first kappa shape index (κ1) is 25.8. The molecule has 2 aromatic rings. The zero-order chi connectivity index (χ0) is 22.4. The van der Waals surface area contributed by atoms with E-state index >= 15 is 0 Å². The smallest absolute Gasteiger partial charge is 0.229 e. The van der Waals surface area contributed by atoms with E-state index in [1.54, 1.807) is 24.3 Å². The van der Waals surface area contributed by atoms with Gasteiger partial charge in [-0.25, -0.2) is 8.42 Å². The number of sulfonamides is 1. The maximum atomic E-state index is 11.7. The zero-order valence-electron chi connectivity index (χ0n) is 18.5. The van der Waals surface area contributed by atoms with E-state index < -0.39 is 10.0 Å². The summed E-state index contributed by atoms with van der Waals surface area (Å²) in [6, 6.07) is 10.7. The van der Waals surface area contributed by atoms with E-state index in [0.29, 0.717) is 37.5 Å². The van der Waals surface area contributed by atoms with E-state index in [9.17, 15) is 13.2 Å². The molecule has 1 amide bonds. The van der Waals surface area contributed by atoms with Gasteiger partial charge in [-0.3, -0.25) is 14.4 Å². The number of anilines is 2. The number of nitrogens with zero attached hydrogens (tertiary/aromatic N) is 1. The second-order valence-corrected chi connectivity index (χ2v) is 9.43. The van der Waals surface area contributed by atoms with Crippen LogP contribution < -0.4 is 19.5 Å². The molecule has 2 aromatic carbocycles. The minimum atomic E-state index is -3.28. The zero-order valence-corrected chi connectivity index (χ0v) is 20.1. The van der Waals surface area contributed by atoms with Gasteiger partial charge in [0.25, 0.3) is 0 Å². The molecule has 0 unspecified atom stereocenters. The molecule has 0 fully saturated rings. The molecule has 1 aliphatic rings. The topological polar surface area (TPSA) is 97.0 Å². The average Bonchev–Trinajstić information content (AvgIpc) is 2.70. The number of likely N-dealkylation sites (N-methyl/N-ethyl adjacent to an activating group) is 1. The summed E-state index contributed by atoms with van der Waals surface area (Å²) in [7, 11) is -1.29. The van der Waals surface area contributed by atoms with Crippen molar-refractivity contribution in [2.24, 2.45) is 0 Å². The van der Waals surface area contributed by atoms with Crippen LogP contribution in [0.2, 0.25) is 0 Å². The summed E-state index contributed by atoms with van der Waals surface area (Å²) in [6.45, 7) is 4.47. The predicted octanol–water partition coefficient (Wildman–Crippen LogP) is 3.06. The molecule has 0 aromatic heterocycles. The van der Waals surface area contributed by atoms with Gasteiger partial charge in [0.15, 0.2) is 0 Å². The van der Waals surface area contributed by atoms with Gasteiger partial charge in [0.1, 0.15) is 24.7 Å². The summed E-state index contributed by atoms with van der Waals surface area (Å²) in [4.78, 5) is 13.8. The number of benzene rings is 2. The molecular formula is C22H30ClN3O5S. The lowest BCUT2D eigenvalue weighted by Gasteiger charge is -2.23. The van der Waals surface area contributed by atoms with Crippen LogP contribution in [0, 0.1) is 6.92 Å². The molecule has 0 bridgehead atoms. The van der Waals surface area contributed by atoms with Crippen LogP contribution in [0.4, 0.5) is 11.4 Å². The highest BCUT2D eigenvalue weighted by Crippen LogP contribution is 2.34. The number of fused-ring (bicyclic) bond motifs is 1. The Kier molecular flexibility index (Phi) is 9.18. The Morgan fingerprint density at radius 1 is 1.03 bits per heavy atom. The lowest BCUT2D eigenvalue weighted by molar-refractivity contribution is -0.116. The molecule has 0 spiro atoms. The summed E-state index contributed by atoms with van der Waals surface area (Å²) >= 11 is 0. The Bertz CT molecular complexity index is 1030. The summed E-state index contributed by atoms with van der Waals surface area (Å²) in [5.74, 6) is 1.55. The molecule has 2 N–H and O–H groups in total. The standard InChI is InChI=1S/C22H29N3O5S.ClH/c1-16-4-10-20(19-9-11-21(26)23-22(16)19)30-15-13-25(2)12-14-29-18-7-5-17(6-8-18)24-31(3,27)28;/h4-8,10,24H,9,11-15H2,1-3H3,(H,23,26);1H. The van der Waals surface area contributed by atoms with Gasteiger partial charge in [0.2, 0.25) is 15.9 Å². The van der Waals surface area contributed by atoms with Crippen LogP contribution >= 0.6 is 12.4 Å². The van der Waals surface area contributed by atoms with Crippen molar-refractivity contribution in [3.8, 4) is 11.5 Å². The van der Waals surface area contributed by atoms with Gasteiger partial charge in [-0.2, -0.15) is 0 Å². The first-order valence-electron chi connectivity index (χ1n) is 10.2. The molecular weight excluding hydrogens is 454 g/mol. The van der Waals surface area contributed by atoms with Gasteiger partial charge in [-0.1, -0.05) is 6.07 Å². The van der Waals surface area contributed by atoms with Crippen LogP contribution in [0.3, 0.4) is 0 Å². The minimum Gasteiger partial charge on any atom is -0.492 e. The second-order valence-electron chi connectivity index (χ2n) is 7.68. The maximum Gasteiger partial charge on any atom is 0.229 e. The number of halogens is 1. The van der Waals surface area contributed by atoms with Crippen molar-refractivity contribution in [2.45, 2.75) is 19.8 Å². The lowest BCUT2D eigenvalue weighted by Crippen LogP contribution is -2.29. The molecule has 176 valence electrons. The van der Waals surface area contributed by atoms with Crippen LogP contribution in [0.1, 0.15) is 17.5 Å². The second kappa shape index (κ2) is 11.4. The number of carbonyl (C=O) groups is 1. The number of carbonyl (C=O) groups excluding carboxylic acids is 1. The number of hydrogen-bond acceptors (Lipinski definition) is 6. The van der Waals surface area contributed by atoms with E-state index in [1.807, 2.05) is 26.1 Å². The van der Waals surface area contributed by atoms with Gasteiger partial charge in [0.05, 0.1) is 11.9 Å². The van der Waals surface area contributed by atoms with Crippen LogP contribution in [0.25, 0.3) is 0 Å². The summed E-state index contributed by atoms with van der Waals surface area (Å²) < 4.78 is 36.6. The van der Waals surface area contributed by atoms with Crippen molar-refractivity contribution in [3.63, 3.8) is 0 Å². The van der Waals surface area contributed by atoms with Crippen molar-refractivity contribution in [1.29, 1.82) is 0 Å². The van der Waals surface area contributed by atoms with Gasteiger partial charge in [0, 0.05) is 30.8 Å². The monoisotopic (exact) mass is 483 g/mol. The number of ether oxygens (including phenoxy) is 2. The van der Waals surface area contributed by atoms with Gasteiger partial charge in [-0.05, 0) is 56.3 Å². The fraction of sp³-hybridized carbons (Fsp3) is 0.409. The number of rotatable bonds is 10. The minimum absolute atomic E-state index is 0. The molecule has 1 aliphatic heterocycles. The number of hydrogen-bond donors (Lipinski definition) is 2. The molecule has 0 saturated carbocycles. The third-order valence-electron chi connectivity index (χ3n) is 4.97. The molecule has 10 heteroatoms. The first-order valence-corrected chi connectivity index (χ1v) is 12.0. The normalized spacial score (nSPS) is 13.1. The Labute approximate surface area is 195 Å². The first-order chi connectivity index (χ1) is 14.7. The van der Waals surface area contributed by atoms with Gasteiger partial charge >= 0.3 is 0 Å². The number of aryl methyl sites for hydroxylation is 1. The van der Waals surface area contributed by atoms with E-state index in [0.717, 1.165) is 41.9 Å². The summed E-state index contributed by atoms with van der Waals surface area (Å²) in [5.41, 5.74) is 3.50.